The Morgan fingerprint density at radius 3 is 2.24 bits per heavy atom. The zero-order chi connectivity index (χ0) is 12.3. The van der Waals surface area contributed by atoms with Gasteiger partial charge in [-0.2, -0.15) is 0 Å². The molecule has 1 aromatic carbocycles. The first-order valence-electron chi connectivity index (χ1n) is 6.47. The van der Waals surface area contributed by atoms with Crippen molar-refractivity contribution in [2.45, 2.75) is 38.5 Å². The van der Waals surface area contributed by atoms with E-state index in [-0.39, 0.29) is 5.91 Å². The minimum atomic E-state index is -0.404. The monoisotopic (exact) mass is 231 g/mol. The third-order valence-corrected chi connectivity index (χ3v) is 3.67. The summed E-state index contributed by atoms with van der Waals surface area (Å²) in [6.45, 7) is 5.91. The van der Waals surface area contributed by atoms with E-state index in [1.165, 1.54) is 6.42 Å². The normalized spacial score (nSPS) is 16.9. The maximum Gasteiger partial charge on any atom is 0.232 e. The molecule has 0 aromatic heterocycles. The predicted octanol–water partition coefficient (Wildman–Crippen LogP) is 2.98. The summed E-state index contributed by atoms with van der Waals surface area (Å²) >= 11 is 0. The van der Waals surface area contributed by atoms with Crippen LogP contribution in [0.4, 0.5) is 0 Å². The summed E-state index contributed by atoms with van der Waals surface area (Å²) in [5.41, 5.74) is 0.703. The summed E-state index contributed by atoms with van der Waals surface area (Å²) in [4.78, 5) is 14.6. The van der Waals surface area contributed by atoms with E-state index in [9.17, 15) is 4.79 Å². The van der Waals surface area contributed by atoms with Crippen LogP contribution in [0, 0.1) is 0 Å². The molecule has 2 heteroatoms. The van der Waals surface area contributed by atoms with Gasteiger partial charge in [-0.15, -0.1) is 0 Å². The Morgan fingerprint density at radius 1 is 1.06 bits per heavy atom. The quantitative estimate of drug-likeness (QED) is 0.766. The molecule has 0 saturated carbocycles. The van der Waals surface area contributed by atoms with Crippen LogP contribution in [-0.4, -0.2) is 23.9 Å². The summed E-state index contributed by atoms with van der Waals surface area (Å²) in [6.07, 6.45) is 3.56. The van der Waals surface area contributed by atoms with E-state index in [2.05, 4.69) is 0 Å². The van der Waals surface area contributed by atoms with Gasteiger partial charge in [0.15, 0.2) is 0 Å². The van der Waals surface area contributed by atoms with Crippen molar-refractivity contribution in [2.75, 3.05) is 13.1 Å². The van der Waals surface area contributed by atoms with E-state index in [1.807, 2.05) is 49.1 Å². The predicted molar refractivity (Wildman–Crippen MR) is 69.9 cm³/mol. The van der Waals surface area contributed by atoms with Gasteiger partial charge in [-0.1, -0.05) is 30.3 Å². The minimum Gasteiger partial charge on any atom is -0.342 e. The highest BCUT2D eigenvalue weighted by Crippen LogP contribution is 2.26. The molecule has 1 amide bonds. The molecule has 1 heterocycles. The third kappa shape index (κ3) is 2.51. The fraction of sp³-hybridized carbons (Fsp3) is 0.533. The minimum absolute atomic E-state index is 0.267. The molecular weight excluding hydrogens is 210 g/mol. The largest absolute Gasteiger partial charge is 0.342 e. The van der Waals surface area contributed by atoms with E-state index >= 15 is 0 Å². The van der Waals surface area contributed by atoms with Gasteiger partial charge >= 0.3 is 0 Å². The van der Waals surface area contributed by atoms with Gasteiger partial charge in [0.05, 0.1) is 5.41 Å². The highest BCUT2D eigenvalue weighted by Gasteiger charge is 2.33. The fourth-order valence-electron chi connectivity index (χ4n) is 2.47. The highest BCUT2D eigenvalue weighted by atomic mass is 16.2. The number of carbonyl (C=O) groups is 1. The Bertz CT molecular complexity index is 377. The van der Waals surface area contributed by atoms with Crippen LogP contribution in [0.5, 0.6) is 0 Å². The first-order chi connectivity index (χ1) is 8.12. The molecule has 0 N–H and O–H groups in total. The molecule has 17 heavy (non-hydrogen) atoms. The van der Waals surface area contributed by atoms with Gasteiger partial charge in [0, 0.05) is 13.1 Å². The summed E-state index contributed by atoms with van der Waals surface area (Å²) in [5.74, 6) is 0.267. The smallest absolute Gasteiger partial charge is 0.232 e. The van der Waals surface area contributed by atoms with Crippen molar-refractivity contribution in [1.82, 2.24) is 4.90 Å². The second kappa shape index (κ2) is 4.91. The van der Waals surface area contributed by atoms with E-state index in [0.717, 1.165) is 31.5 Å². The molecule has 0 radical (unpaired) electrons. The molecule has 1 aliphatic heterocycles. The molecule has 0 aliphatic carbocycles. The molecule has 1 aliphatic rings. The van der Waals surface area contributed by atoms with Gasteiger partial charge in [0.2, 0.25) is 5.91 Å². The van der Waals surface area contributed by atoms with Gasteiger partial charge in [-0.05, 0) is 38.7 Å². The molecule has 1 aromatic rings. The number of likely N-dealkylation sites (tertiary alicyclic amines) is 1. The third-order valence-electron chi connectivity index (χ3n) is 3.67. The Labute approximate surface area is 104 Å². The lowest BCUT2D eigenvalue weighted by atomic mass is 9.83. The Kier molecular flexibility index (Phi) is 3.51. The zero-order valence-corrected chi connectivity index (χ0v) is 10.8. The van der Waals surface area contributed by atoms with Crippen molar-refractivity contribution in [2.24, 2.45) is 0 Å². The van der Waals surface area contributed by atoms with Gasteiger partial charge < -0.3 is 4.90 Å². The molecule has 0 spiro atoms. The van der Waals surface area contributed by atoms with Crippen LogP contribution in [0.2, 0.25) is 0 Å². The van der Waals surface area contributed by atoms with E-state index < -0.39 is 5.41 Å². The molecule has 1 saturated heterocycles. The average molecular weight is 231 g/mol. The molecule has 2 nitrogen and oxygen atoms in total. The summed E-state index contributed by atoms with van der Waals surface area (Å²) < 4.78 is 0. The Balaban J connectivity index is 2.17. The number of hydrogen-bond acceptors (Lipinski definition) is 1. The van der Waals surface area contributed by atoms with Crippen LogP contribution in [-0.2, 0) is 10.2 Å². The molecule has 2 rings (SSSR count). The number of benzene rings is 1. The number of rotatable bonds is 2. The molecular formula is C15H21NO. The van der Waals surface area contributed by atoms with E-state index in [4.69, 9.17) is 0 Å². The van der Waals surface area contributed by atoms with Crippen LogP contribution < -0.4 is 0 Å². The van der Waals surface area contributed by atoms with Crippen molar-refractivity contribution in [3.8, 4) is 0 Å². The van der Waals surface area contributed by atoms with E-state index in [1.54, 1.807) is 0 Å². The summed E-state index contributed by atoms with van der Waals surface area (Å²) in [7, 11) is 0. The number of carbonyl (C=O) groups excluding carboxylic acids is 1. The second-order valence-electron chi connectivity index (χ2n) is 5.34. The van der Waals surface area contributed by atoms with Crippen molar-refractivity contribution >= 4 is 5.91 Å². The van der Waals surface area contributed by atoms with Crippen LogP contribution in [0.3, 0.4) is 0 Å². The second-order valence-corrected chi connectivity index (χ2v) is 5.34. The van der Waals surface area contributed by atoms with Gasteiger partial charge in [0.1, 0.15) is 0 Å². The van der Waals surface area contributed by atoms with Crippen LogP contribution >= 0.6 is 0 Å². The summed E-state index contributed by atoms with van der Waals surface area (Å²) in [5, 5.41) is 0. The topological polar surface area (TPSA) is 20.3 Å². The molecule has 0 unspecified atom stereocenters. The summed E-state index contributed by atoms with van der Waals surface area (Å²) in [6, 6.07) is 10.1. The fourth-order valence-corrected chi connectivity index (χ4v) is 2.47. The number of amides is 1. The Hall–Kier alpha value is -1.31. The maximum absolute atomic E-state index is 12.5. The van der Waals surface area contributed by atoms with Crippen LogP contribution in [0.25, 0.3) is 0 Å². The van der Waals surface area contributed by atoms with Crippen LogP contribution in [0.1, 0.15) is 38.7 Å². The van der Waals surface area contributed by atoms with Crippen molar-refractivity contribution < 1.29 is 4.79 Å². The average Bonchev–Trinajstić information content (AvgIpc) is 2.40. The van der Waals surface area contributed by atoms with Gasteiger partial charge in [-0.25, -0.2) is 0 Å². The maximum atomic E-state index is 12.5. The van der Waals surface area contributed by atoms with Gasteiger partial charge in [-0.3, -0.25) is 4.79 Å². The lowest BCUT2D eigenvalue weighted by molar-refractivity contribution is -0.137. The molecule has 0 atom stereocenters. The standard InChI is InChI=1S/C15H21NO/c1-15(2,13-9-5-3-6-10-13)14(17)16-11-7-4-8-12-16/h3,5-6,9-10H,4,7-8,11-12H2,1-2H3. The molecule has 0 bridgehead atoms. The number of hydrogen-bond donors (Lipinski definition) is 0. The van der Waals surface area contributed by atoms with Crippen LogP contribution in [0.15, 0.2) is 30.3 Å². The molecule has 1 fully saturated rings. The lowest BCUT2D eigenvalue weighted by Gasteiger charge is -2.34. The first kappa shape index (κ1) is 12.2. The SMILES string of the molecule is CC(C)(C(=O)N1CCCCC1)c1ccccc1. The van der Waals surface area contributed by atoms with Gasteiger partial charge in [0.25, 0.3) is 0 Å². The highest BCUT2D eigenvalue weighted by molar-refractivity contribution is 5.87. The molecule has 92 valence electrons. The number of piperidine rings is 1. The van der Waals surface area contributed by atoms with Crippen molar-refractivity contribution in [3.05, 3.63) is 35.9 Å². The lowest BCUT2D eigenvalue weighted by Crippen LogP contribution is -2.45. The Morgan fingerprint density at radius 2 is 1.65 bits per heavy atom. The first-order valence-corrected chi connectivity index (χ1v) is 6.47. The van der Waals surface area contributed by atoms with E-state index in [0.29, 0.717) is 0 Å². The number of nitrogens with zero attached hydrogens (tertiary/aromatic N) is 1. The van der Waals surface area contributed by atoms with Crippen molar-refractivity contribution in [3.63, 3.8) is 0 Å². The van der Waals surface area contributed by atoms with Crippen molar-refractivity contribution in [1.29, 1.82) is 0 Å². The zero-order valence-electron chi connectivity index (χ0n) is 10.8.